The molecule has 0 aliphatic rings. The normalized spacial score (nSPS) is 10.4. The predicted molar refractivity (Wildman–Crippen MR) is 61.1 cm³/mol. The summed E-state index contributed by atoms with van der Waals surface area (Å²) in [6.45, 7) is 3.68. The summed E-state index contributed by atoms with van der Waals surface area (Å²) >= 11 is 5.85. The average molecular weight is 210 g/mol. The van der Waals surface area contributed by atoms with Crippen molar-refractivity contribution in [3.05, 3.63) is 42.1 Å². The molecule has 0 fully saturated rings. The zero-order valence-electron chi connectivity index (χ0n) is 7.96. The Morgan fingerprint density at radius 1 is 1.57 bits per heavy atom. The lowest BCUT2D eigenvalue weighted by Crippen LogP contribution is -1.91. The third-order valence-corrected chi connectivity index (χ3v) is 2.04. The van der Waals surface area contributed by atoms with Gasteiger partial charge in [0.25, 0.3) is 0 Å². The van der Waals surface area contributed by atoms with Gasteiger partial charge in [0, 0.05) is 16.2 Å². The Kier molecular flexibility index (Phi) is 3.60. The van der Waals surface area contributed by atoms with Gasteiger partial charge in [0.15, 0.2) is 0 Å². The molecule has 0 spiro atoms. The fourth-order valence-corrected chi connectivity index (χ4v) is 1.39. The van der Waals surface area contributed by atoms with Crippen LogP contribution in [0.3, 0.4) is 0 Å². The molecule has 0 heterocycles. The number of benzene rings is 1. The van der Waals surface area contributed by atoms with Crippen molar-refractivity contribution in [2.75, 3.05) is 7.11 Å². The summed E-state index contributed by atoms with van der Waals surface area (Å²) in [6.07, 6.45) is 3.18. The molecule has 0 aliphatic carbocycles. The summed E-state index contributed by atoms with van der Waals surface area (Å²) in [5, 5.41) is 0.469. The zero-order valence-corrected chi connectivity index (χ0v) is 8.71. The first-order valence-corrected chi connectivity index (χ1v) is 4.48. The number of hydrogen-bond donors (Lipinski definition) is 1. The summed E-state index contributed by atoms with van der Waals surface area (Å²) in [6, 6.07) is 5.57. The molecule has 74 valence electrons. The second kappa shape index (κ2) is 4.72. The SMILES string of the molecule is C=C(Cl)c1cccc(OC)c1/C=C\N. The number of nitrogens with two attached hydrogens (primary N) is 1. The Hall–Kier alpha value is -1.41. The molecule has 0 aromatic heterocycles. The fourth-order valence-electron chi connectivity index (χ4n) is 1.23. The van der Waals surface area contributed by atoms with E-state index in [1.807, 2.05) is 18.2 Å². The van der Waals surface area contributed by atoms with Crippen molar-refractivity contribution in [2.24, 2.45) is 5.73 Å². The van der Waals surface area contributed by atoms with Crippen LogP contribution in [0.5, 0.6) is 5.75 Å². The van der Waals surface area contributed by atoms with Gasteiger partial charge < -0.3 is 10.5 Å². The lowest BCUT2D eigenvalue weighted by Gasteiger charge is -2.09. The lowest BCUT2D eigenvalue weighted by atomic mass is 10.1. The molecule has 2 N–H and O–H groups in total. The molecule has 3 heteroatoms. The third-order valence-electron chi connectivity index (χ3n) is 1.84. The van der Waals surface area contributed by atoms with E-state index in [2.05, 4.69) is 6.58 Å². The molecule has 0 amide bonds. The van der Waals surface area contributed by atoms with Crippen molar-refractivity contribution in [3.8, 4) is 5.75 Å². The van der Waals surface area contributed by atoms with Crippen LogP contribution in [0, 0.1) is 0 Å². The Morgan fingerprint density at radius 2 is 2.29 bits per heavy atom. The Bertz CT molecular complexity index is 372. The molecule has 0 bridgehead atoms. The van der Waals surface area contributed by atoms with Crippen molar-refractivity contribution in [1.29, 1.82) is 0 Å². The molecule has 0 aliphatic heterocycles. The highest BCUT2D eigenvalue weighted by atomic mass is 35.5. The molecule has 0 radical (unpaired) electrons. The molecule has 0 saturated carbocycles. The summed E-state index contributed by atoms with van der Waals surface area (Å²) in [5.74, 6) is 0.728. The second-order valence-corrected chi connectivity index (χ2v) is 3.14. The molecule has 2 nitrogen and oxygen atoms in total. The molecular formula is C11H12ClNO. The molecule has 0 atom stereocenters. The van der Waals surface area contributed by atoms with E-state index in [1.165, 1.54) is 6.20 Å². The lowest BCUT2D eigenvalue weighted by molar-refractivity contribution is 0.413. The van der Waals surface area contributed by atoms with Gasteiger partial charge in [-0.3, -0.25) is 0 Å². The van der Waals surface area contributed by atoms with Crippen LogP contribution in [-0.4, -0.2) is 7.11 Å². The van der Waals surface area contributed by atoms with E-state index < -0.39 is 0 Å². The van der Waals surface area contributed by atoms with Gasteiger partial charge in [0.05, 0.1) is 7.11 Å². The van der Waals surface area contributed by atoms with E-state index in [-0.39, 0.29) is 0 Å². The van der Waals surface area contributed by atoms with Crippen LogP contribution in [0.15, 0.2) is 31.0 Å². The van der Waals surface area contributed by atoms with Crippen molar-refractivity contribution >= 4 is 22.7 Å². The molecule has 1 aromatic rings. The topological polar surface area (TPSA) is 35.2 Å². The predicted octanol–water partition coefficient (Wildman–Crippen LogP) is 2.83. The van der Waals surface area contributed by atoms with Gasteiger partial charge in [-0.25, -0.2) is 0 Å². The highest BCUT2D eigenvalue weighted by molar-refractivity contribution is 6.48. The van der Waals surface area contributed by atoms with Crippen LogP contribution in [0.1, 0.15) is 11.1 Å². The maximum absolute atomic E-state index is 5.85. The van der Waals surface area contributed by atoms with Gasteiger partial charge in [-0.1, -0.05) is 30.3 Å². The van der Waals surface area contributed by atoms with E-state index >= 15 is 0 Å². The Morgan fingerprint density at radius 3 is 2.79 bits per heavy atom. The number of hydrogen-bond acceptors (Lipinski definition) is 2. The molecule has 1 rings (SSSR count). The number of halogens is 1. The van der Waals surface area contributed by atoms with Gasteiger partial charge in [-0.15, -0.1) is 0 Å². The molecule has 14 heavy (non-hydrogen) atoms. The van der Waals surface area contributed by atoms with E-state index in [0.717, 1.165) is 16.9 Å². The van der Waals surface area contributed by atoms with Crippen LogP contribution in [0.25, 0.3) is 11.1 Å². The number of rotatable bonds is 3. The van der Waals surface area contributed by atoms with Crippen LogP contribution in [0.4, 0.5) is 0 Å². The second-order valence-electron chi connectivity index (χ2n) is 2.69. The quantitative estimate of drug-likeness (QED) is 0.831. The summed E-state index contributed by atoms with van der Waals surface area (Å²) in [7, 11) is 1.60. The van der Waals surface area contributed by atoms with Crippen LogP contribution < -0.4 is 10.5 Å². The monoisotopic (exact) mass is 209 g/mol. The molecule has 0 unspecified atom stereocenters. The van der Waals surface area contributed by atoms with E-state index in [1.54, 1.807) is 13.2 Å². The highest BCUT2D eigenvalue weighted by Crippen LogP contribution is 2.29. The van der Waals surface area contributed by atoms with E-state index in [0.29, 0.717) is 5.03 Å². The standard InChI is InChI=1S/C11H12ClNO/c1-8(12)9-4-3-5-11(14-2)10(9)6-7-13/h3-7H,1,13H2,2H3/b7-6-. The van der Waals surface area contributed by atoms with Crippen molar-refractivity contribution < 1.29 is 4.74 Å². The van der Waals surface area contributed by atoms with Gasteiger partial charge in [0.1, 0.15) is 5.75 Å². The minimum absolute atomic E-state index is 0.469. The van der Waals surface area contributed by atoms with Gasteiger partial charge >= 0.3 is 0 Å². The minimum Gasteiger partial charge on any atom is -0.496 e. The van der Waals surface area contributed by atoms with Crippen LogP contribution >= 0.6 is 11.6 Å². The van der Waals surface area contributed by atoms with Crippen LogP contribution in [-0.2, 0) is 0 Å². The van der Waals surface area contributed by atoms with Crippen molar-refractivity contribution in [2.45, 2.75) is 0 Å². The first-order valence-electron chi connectivity index (χ1n) is 4.10. The zero-order chi connectivity index (χ0) is 10.6. The maximum Gasteiger partial charge on any atom is 0.126 e. The summed E-state index contributed by atoms with van der Waals surface area (Å²) in [4.78, 5) is 0. The largest absolute Gasteiger partial charge is 0.496 e. The smallest absolute Gasteiger partial charge is 0.126 e. The fraction of sp³-hybridized carbons (Fsp3) is 0.0909. The molecule has 0 saturated heterocycles. The maximum atomic E-state index is 5.85. The summed E-state index contributed by atoms with van der Waals surface area (Å²) < 4.78 is 5.18. The average Bonchev–Trinajstić information content (AvgIpc) is 2.18. The molecular weight excluding hydrogens is 198 g/mol. The van der Waals surface area contributed by atoms with Crippen molar-refractivity contribution in [1.82, 2.24) is 0 Å². The third kappa shape index (κ3) is 2.09. The van der Waals surface area contributed by atoms with E-state index in [9.17, 15) is 0 Å². The van der Waals surface area contributed by atoms with Crippen LogP contribution in [0.2, 0.25) is 0 Å². The Balaban J connectivity index is 3.35. The van der Waals surface area contributed by atoms with Gasteiger partial charge in [-0.05, 0) is 18.3 Å². The van der Waals surface area contributed by atoms with Crippen molar-refractivity contribution in [3.63, 3.8) is 0 Å². The highest BCUT2D eigenvalue weighted by Gasteiger charge is 2.06. The minimum atomic E-state index is 0.469. The molecule has 1 aromatic carbocycles. The number of methoxy groups -OCH3 is 1. The Labute approximate surface area is 88.6 Å². The van der Waals surface area contributed by atoms with Gasteiger partial charge in [0.2, 0.25) is 0 Å². The van der Waals surface area contributed by atoms with E-state index in [4.69, 9.17) is 22.1 Å². The first kappa shape index (κ1) is 10.7. The summed E-state index contributed by atoms with van der Waals surface area (Å²) in [5.41, 5.74) is 7.02. The number of ether oxygens (including phenoxy) is 1. The van der Waals surface area contributed by atoms with Gasteiger partial charge in [-0.2, -0.15) is 0 Å². The first-order chi connectivity index (χ1) is 6.70.